The third-order valence-corrected chi connectivity index (χ3v) is 8.07. The Hall–Kier alpha value is -7.58. The van der Waals surface area contributed by atoms with E-state index in [2.05, 4.69) is 25.3 Å². The lowest BCUT2D eigenvalue weighted by Crippen LogP contribution is -2.17. The van der Waals surface area contributed by atoms with Crippen molar-refractivity contribution in [2.24, 2.45) is 0 Å². The van der Waals surface area contributed by atoms with Gasteiger partial charge in [0, 0.05) is 48.5 Å². The highest BCUT2D eigenvalue weighted by atomic mass is 16.6. The summed E-state index contributed by atoms with van der Waals surface area (Å²) >= 11 is 0. The summed E-state index contributed by atoms with van der Waals surface area (Å²) in [6.45, 7) is -0.165. The van der Waals surface area contributed by atoms with Crippen molar-refractivity contribution in [3.8, 4) is 0 Å². The van der Waals surface area contributed by atoms with Crippen LogP contribution in [0.25, 0.3) is 22.1 Å². The molecule has 0 fully saturated rings. The van der Waals surface area contributed by atoms with Crippen molar-refractivity contribution in [3.05, 3.63) is 127 Å². The Morgan fingerprint density at radius 3 is 1.57 bits per heavy atom. The largest absolute Gasteiger partial charge is 0.465 e. The number of amides is 2. The fraction of sp³-hybridized carbons (Fsp3) is 0.167. The third-order valence-electron chi connectivity index (χ3n) is 8.07. The van der Waals surface area contributed by atoms with Crippen LogP contribution < -0.4 is 10.6 Å². The minimum Gasteiger partial charge on any atom is -0.465 e. The molecule has 288 valence electrons. The number of anilines is 2. The predicted octanol–water partition coefficient (Wildman–Crippen LogP) is 3.95. The zero-order valence-electron chi connectivity index (χ0n) is 29.6. The lowest BCUT2D eigenvalue weighted by molar-refractivity contribution is -0.385. The van der Waals surface area contributed by atoms with E-state index < -0.39 is 33.6 Å². The zero-order chi connectivity index (χ0) is 40.5. The maximum atomic E-state index is 12.5. The predicted molar refractivity (Wildman–Crippen MR) is 198 cm³/mol. The molecule has 0 spiro atoms. The molecule has 56 heavy (non-hydrogen) atoms. The number of aliphatic hydroxyl groups excluding tert-OH is 2. The van der Waals surface area contributed by atoms with E-state index in [1.165, 1.54) is 67.3 Å². The van der Waals surface area contributed by atoms with Crippen molar-refractivity contribution >= 4 is 69.1 Å². The average molecular weight is 769 g/mol. The van der Waals surface area contributed by atoms with E-state index in [1.807, 2.05) is 0 Å². The van der Waals surface area contributed by atoms with Gasteiger partial charge in [-0.15, -0.1) is 0 Å². The number of methoxy groups -OCH3 is 2. The number of nitro groups is 2. The first kappa shape index (κ1) is 39.6. The van der Waals surface area contributed by atoms with Crippen LogP contribution in [0.5, 0.6) is 0 Å². The summed E-state index contributed by atoms with van der Waals surface area (Å²) in [5.74, 6) is -1.95. The number of rotatable bonds is 12. The van der Waals surface area contributed by atoms with Crippen LogP contribution in [0.2, 0.25) is 0 Å². The van der Waals surface area contributed by atoms with E-state index in [9.17, 15) is 49.6 Å². The summed E-state index contributed by atoms with van der Waals surface area (Å²) < 4.78 is 12.5. The Morgan fingerprint density at radius 2 is 1.09 bits per heavy atom. The van der Waals surface area contributed by atoms with E-state index in [0.717, 1.165) is 12.1 Å². The maximum absolute atomic E-state index is 12.5. The first-order chi connectivity index (χ1) is 26.9. The van der Waals surface area contributed by atoms with Crippen molar-refractivity contribution in [1.82, 2.24) is 19.1 Å². The second-order valence-corrected chi connectivity index (χ2v) is 11.5. The van der Waals surface area contributed by atoms with Crippen molar-refractivity contribution in [2.75, 3.05) is 38.1 Å². The van der Waals surface area contributed by atoms with E-state index in [0.29, 0.717) is 33.2 Å². The van der Waals surface area contributed by atoms with Crippen LogP contribution in [0.3, 0.4) is 0 Å². The van der Waals surface area contributed by atoms with Gasteiger partial charge in [0.15, 0.2) is 0 Å². The molecule has 0 saturated heterocycles. The lowest BCUT2D eigenvalue weighted by atomic mass is 10.2. The Morgan fingerprint density at radius 1 is 0.625 bits per heavy atom. The van der Waals surface area contributed by atoms with Gasteiger partial charge in [0.25, 0.3) is 23.2 Å². The molecule has 20 heteroatoms. The van der Waals surface area contributed by atoms with Crippen LogP contribution in [0.1, 0.15) is 41.4 Å². The van der Waals surface area contributed by atoms with Crippen LogP contribution in [-0.2, 0) is 22.6 Å². The van der Waals surface area contributed by atoms with Gasteiger partial charge in [0.05, 0.1) is 70.5 Å². The summed E-state index contributed by atoms with van der Waals surface area (Å²) in [4.78, 5) is 77.7. The fourth-order valence-electron chi connectivity index (χ4n) is 5.45. The summed E-state index contributed by atoms with van der Waals surface area (Å²) in [6, 6.07) is 20.0. The number of imidazole rings is 2. The normalized spacial score (nSPS) is 10.6. The molecular formula is C36H32N8O12. The summed E-state index contributed by atoms with van der Waals surface area (Å²) in [7, 11) is 2.53. The van der Waals surface area contributed by atoms with Gasteiger partial charge in [-0.3, -0.25) is 40.5 Å². The minimum atomic E-state index is -0.591. The van der Waals surface area contributed by atoms with Gasteiger partial charge in [-0.2, -0.15) is 0 Å². The van der Waals surface area contributed by atoms with Crippen molar-refractivity contribution < 1.29 is 48.7 Å². The minimum absolute atomic E-state index is 0.0899. The Bertz CT molecular complexity index is 2420. The second-order valence-electron chi connectivity index (χ2n) is 11.5. The topological polar surface area (TPSA) is 273 Å². The van der Waals surface area contributed by atoms with Gasteiger partial charge in [0.2, 0.25) is 11.9 Å². The number of aromatic nitrogens is 4. The second kappa shape index (κ2) is 17.5. The van der Waals surface area contributed by atoms with Gasteiger partial charge < -0.3 is 28.8 Å². The molecule has 6 aromatic rings. The summed E-state index contributed by atoms with van der Waals surface area (Å²) in [5, 5.41) is 45.7. The number of fused-ring (bicyclic) bond motifs is 2. The number of nitro benzene ring substituents is 2. The Labute approximate surface area is 315 Å². The van der Waals surface area contributed by atoms with E-state index >= 15 is 0 Å². The number of carbonyl (C=O) groups excluding carboxylic acids is 4. The molecule has 2 amide bonds. The van der Waals surface area contributed by atoms with E-state index in [1.54, 1.807) is 28.8 Å². The van der Waals surface area contributed by atoms with Crippen molar-refractivity contribution in [2.45, 2.75) is 13.1 Å². The van der Waals surface area contributed by atoms with Crippen LogP contribution in [0, 0.1) is 20.2 Å². The summed E-state index contributed by atoms with van der Waals surface area (Å²) in [5.41, 5.74) is 2.38. The number of nitrogens with zero attached hydrogens (tertiary/aromatic N) is 6. The highest BCUT2D eigenvalue weighted by Gasteiger charge is 2.20. The smallest absolute Gasteiger partial charge is 0.337 e. The maximum Gasteiger partial charge on any atom is 0.337 e. The zero-order valence-corrected chi connectivity index (χ0v) is 29.6. The summed E-state index contributed by atoms with van der Waals surface area (Å²) in [6.07, 6.45) is 0. The molecule has 4 aromatic carbocycles. The first-order valence-electron chi connectivity index (χ1n) is 16.4. The Balaban J connectivity index is 0.000000214. The molecule has 0 aliphatic carbocycles. The number of esters is 2. The third kappa shape index (κ3) is 8.78. The number of hydrogen-bond acceptors (Lipinski definition) is 14. The molecule has 6 rings (SSSR count). The highest BCUT2D eigenvalue weighted by Crippen LogP contribution is 2.24. The molecule has 0 aliphatic heterocycles. The Kier molecular flexibility index (Phi) is 12.4. The molecule has 2 aromatic heterocycles. The molecule has 4 N–H and O–H groups in total. The molecule has 0 bridgehead atoms. The number of aliphatic hydroxyl groups is 2. The number of ether oxygens (including phenoxy) is 2. The molecule has 0 saturated carbocycles. The number of non-ortho nitro benzene ring substituents is 2. The van der Waals surface area contributed by atoms with Gasteiger partial charge in [-0.05, 0) is 48.5 Å². The van der Waals surface area contributed by atoms with Gasteiger partial charge in [-0.25, -0.2) is 19.6 Å². The van der Waals surface area contributed by atoms with Gasteiger partial charge in [-0.1, -0.05) is 12.1 Å². The SMILES string of the molecule is COC(=O)c1ccc2c(c1)nc(NC(=O)c1cccc([N+](=O)[O-])c1)n2CCO.COC(=O)c1ccc2nc(NC(=O)c3cccc([N+](=O)[O-])c3)n(CCO)c2c1. The van der Waals surface area contributed by atoms with Crippen molar-refractivity contribution in [1.29, 1.82) is 0 Å². The molecule has 0 radical (unpaired) electrons. The fourth-order valence-corrected chi connectivity index (χ4v) is 5.45. The van der Waals surface area contributed by atoms with Crippen LogP contribution in [0.15, 0.2) is 84.9 Å². The molecule has 0 unspecified atom stereocenters. The van der Waals surface area contributed by atoms with Crippen molar-refractivity contribution in [3.63, 3.8) is 0 Å². The monoisotopic (exact) mass is 768 g/mol. The molecule has 2 heterocycles. The molecular weight excluding hydrogens is 736 g/mol. The van der Waals surface area contributed by atoms with Crippen LogP contribution in [0.4, 0.5) is 23.3 Å². The standard InChI is InChI=1S/2C18H16N4O6/c1-28-17(25)12-5-6-15-14(10-12)19-18(21(15)7-8-23)20-16(24)11-3-2-4-13(9-11)22(26)27;1-28-17(25)12-5-6-14-15(10-12)21(7-8-23)18(19-14)20-16(24)11-3-2-4-13(9-11)22(26)27/h2*2-6,9-10,23H,7-8H2,1H3,(H,19,20,24). The quantitative estimate of drug-likeness (QED) is 0.0780. The van der Waals surface area contributed by atoms with Crippen LogP contribution >= 0.6 is 0 Å². The highest BCUT2D eigenvalue weighted by molar-refractivity contribution is 6.05. The lowest BCUT2D eigenvalue weighted by Gasteiger charge is -2.09. The molecule has 20 nitrogen and oxygen atoms in total. The number of hydrogen-bond donors (Lipinski definition) is 4. The van der Waals surface area contributed by atoms with Gasteiger partial charge in [0.1, 0.15) is 0 Å². The van der Waals surface area contributed by atoms with Gasteiger partial charge >= 0.3 is 11.9 Å². The number of benzene rings is 4. The molecule has 0 aliphatic rings. The van der Waals surface area contributed by atoms with E-state index in [4.69, 9.17) is 4.74 Å². The first-order valence-corrected chi connectivity index (χ1v) is 16.4. The average Bonchev–Trinajstić information content (AvgIpc) is 3.73. The van der Waals surface area contributed by atoms with E-state index in [-0.39, 0.29) is 60.7 Å². The number of carbonyl (C=O) groups is 4. The number of nitrogens with one attached hydrogen (secondary N) is 2. The molecule has 0 atom stereocenters. The van der Waals surface area contributed by atoms with Crippen LogP contribution in [-0.4, -0.2) is 90.3 Å².